The van der Waals surface area contributed by atoms with Crippen molar-refractivity contribution in [3.63, 3.8) is 0 Å². The number of aliphatic hydroxyl groups is 1. The number of nitrogen functional groups attached to an aromatic ring is 1. The largest absolute Gasteiger partial charge is 0.386 e. The molecule has 0 radical (unpaired) electrons. The molecule has 0 amide bonds. The number of hydrogen-bond acceptors (Lipinski definition) is 8. The first-order valence-corrected chi connectivity index (χ1v) is 9.13. The standard InChI is InChI=1S/C11H18N3O6PS/c1-3-6-9(20-21(17,22)18-2)8(15)10(19-6)14-5-4-7(12)13-11(14)16/h4-6,8-10,15H,3H2,1-2H3,(H,17,22)(H2,12,13,16)/t6-,8+,9?,10-,21?/m1/s1. The molecule has 0 bridgehead atoms. The molecule has 1 aliphatic rings. The highest BCUT2D eigenvalue weighted by molar-refractivity contribution is 8.07. The Hall–Kier alpha value is -0.870. The molecule has 0 saturated carbocycles. The number of aromatic nitrogens is 2. The van der Waals surface area contributed by atoms with Crippen molar-refractivity contribution in [3.05, 3.63) is 22.7 Å². The maximum absolute atomic E-state index is 11.9. The van der Waals surface area contributed by atoms with E-state index in [0.29, 0.717) is 6.42 Å². The van der Waals surface area contributed by atoms with Gasteiger partial charge in [-0.05, 0) is 24.3 Å². The first-order valence-electron chi connectivity index (χ1n) is 6.54. The lowest BCUT2D eigenvalue weighted by Gasteiger charge is -2.23. The zero-order chi connectivity index (χ0) is 16.5. The molecular weight excluding hydrogens is 333 g/mol. The van der Waals surface area contributed by atoms with Gasteiger partial charge in [0, 0.05) is 13.3 Å². The van der Waals surface area contributed by atoms with E-state index in [2.05, 4.69) is 4.98 Å². The van der Waals surface area contributed by atoms with E-state index in [9.17, 15) is 14.8 Å². The zero-order valence-corrected chi connectivity index (χ0v) is 13.7. The van der Waals surface area contributed by atoms with Gasteiger partial charge in [-0.1, -0.05) is 6.92 Å². The number of anilines is 1. The maximum Gasteiger partial charge on any atom is 0.351 e. The SMILES string of the molecule is CC[C@H]1O[C@@H](n2ccc(N)nc2=O)[C@@H](O)C1OP(O)(=S)OC. The van der Waals surface area contributed by atoms with Gasteiger partial charge < -0.3 is 25.0 Å². The summed E-state index contributed by atoms with van der Waals surface area (Å²) < 4.78 is 16.8. The Morgan fingerprint density at radius 1 is 1.64 bits per heavy atom. The Labute approximate surface area is 131 Å². The number of rotatable bonds is 5. The molecule has 2 unspecified atom stereocenters. The number of nitrogens with two attached hydrogens (primary N) is 1. The summed E-state index contributed by atoms with van der Waals surface area (Å²) in [6.07, 6.45) is -1.86. The van der Waals surface area contributed by atoms with E-state index in [1.165, 1.54) is 19.4 Å². The first-order chi connectivity index (χ1) is 10.3. The van der Waals surface area contributed by atoms with E-state index in [1.807, 2.05) is 6.92 Å². The molecule has 1 fully saturated rings. The van der Waals surface area contributed by atoms with Crippen LogP contribution in [0.4, 0.5) is 5.82 Å². The second-order valence-corrected chi connectivity index (χ2v) is 7.62. The molecule has 22 heavy (non-hydrogen) atoms. The van der Waals surface area contributed by atoms with E-state index in [0.717, 1.165) is 4.57 Å². The molecule has 1 aliphatic heterocycles. The van der Waals surface area contributed by atoms with Crippen LogP contribution in [0.15, 0.2) is 17.1 Å². The number of nitrogens with zero attached hydrogens (tertiary/aromatic N) is 2. The van der Waals surface area contributed by atoms with Gasteiger partial charge in [-0.3, -0.25) is 9.09 Å². The fourth-order valence-electron chi connectivity index (χ4n) is 2.22. The molecule has 4 N–H and O–H groups in total. The Morgan fingerprint density at radius 3 is 2.86 bits per heavy atom. The van der Waals surface area contributed by atoms with Crippen LogP contribution >= 0.6 is 6.72 Å². The lowest BCUT2D eigenvalue weighted by molar-refractivity contribution is -0.0403. The fourth-order valence-corrected chi connectivity index (χ4v) is 3.18. The summed E-state index contributed by atoms with van der Waals surface area (Å²) in [4.78, 5) is 25.2. The third-order valence-electron chi connectivity index (χ3n) is 3.32. The van der Waals surface area contributed by atoms with E-state index in [1.54, 1.807) is 0 Å². The van der Waals surface area contributed by atoms with Gasteiger partial charge >= 0.3 is 12.4 Å². The lowest BCUT2D eigenvalue weighted by atomic mass is 10.1. The van der Waals surface area contributed by atoms with Crippen LogP contribution in [0, 0.1) is 0 Å². The maximum atomic E-state index is 11.9. The predicted octanol–water partition coefficient (Wildman–Crippen LogP) is -0.258. The van der Waals surface area contributed by atoms with Crippen molar-refractivity contribution in [1.82, 2.24) is 9.55 Å². The highest BCUT2D eigenvalue weighted by Crippen LogP contribution is 2.48. The molecule has 2 rings (SSSR count). The summed E-state index contributed by atoms with van der Waals surface area (Å²) in [5.41, 5.74) is 4.77. The van der Waals surface area contributed by atoms with Crippen LogP contribution in [0.2, 0.25) is 0 Å². The third-order valence-corrected chi connectivity index (χ3v) is 5.00. The first kappa shape index (κ1) is 17.5. The smallest absolute Gasteiger partial charge is 0.351 e. The molecule has 0 aromatic carbocycles. The van der Waals surface area contributed by atoms with Crippen LogP contribution in [-0.4, -0.2) is 45.0 Å². The zero-order valence-electron chi connectivity index (χ0n) is 12.0. The van der Waals surface area contributed by atoms with Crippen molar-refractivity contribution in [3.8, 4) is 0 Å². The molecule has 11 heteroatoms. The van der Waals surface area contributed by atoms with Gasteiger partial charge in [-0.2, -0.15) is 4.98 Å². The van der Waals surface area contributed by atoms with Gasteiger partial charge in [0.2, 0.25) is 0 Å². The predicted molar refractivity (Wildman–Crippen MR) is 81.5 cm³/mol. The van der Waals surface area contributed by atoms with Crippen molar-refractivity contribution in [1.29, 1.82) is 0 Å². The Balaban J connectivity index is 2.29. The quantitative estimate of drug-likeness (QED) is 0.614. The topological polar surface area (TPSA) is 129 Å². The van der Waals surface area contributed by atoms with Crippen LogP contribution in [0.25, 0.3) is 0 Å². The average Bonchev–Trinajstić information content (AvgIpc) is 2.76. The average molecular weight is 351 g/mol. The van der Waals surface area contributed by atoms with Crippen molar-refractivity contribution in [2.45, 2.75) is 37.9 Å². The van der Waals surface area contributed by atoms with Crippen molar-refractivity contribution >= 4 is 24.3 Å². The minimum Gasteiger partial charge on any atom is -0.386 e. The van der Waals surface area contributed by atoms with Gasteiger partial charge in [-0.25, -0.2) is 4.79 Å². The summed E-state index contributed by atoms with van der Waals surface area (Å²) in [5.74, 6) is 0.0684. The van der Waals surface area contributed by atoms with Crippen molar-refractivity contribution < 1.29 is 23.8 Å². The van der Waals surface area contributed by atoms with Gasteiger partial charge in [0.05, 0.1) is 6.10 Å². The highest BCUT2D eigenvalue weighted by Gasteiger charge is 2.47. The van der Waals surface area contributed by atoms with Crippen LogP contribution < -0.4 is 11.4 Å². The Kier molecular flexibility index (Phi) is 5.33. The summed E-state index contributed by atoms with van der Waals surface area (Å²) in [7, 11) is 1.22. The molecule has 1 saturated heterocycles. The van der Waals surface area contributed by atoms with E-state index >= 15 is 0 Å². The monoisotopic (exact) mass is 351 g/mol. The van der Waals surface area contributed by atoms with Gasteiger partial charge in [0.15, 0.2) is 6.23 Å². The summed E-state index contributed by atoms with van der Waals surface area (Å²) >= 11 is 4.79. The molecular formula is C11H18N3O6PS. The molecule has 2 heterocycles. The minimum absolute atomic E-state index is 0.0684. The van der Waals surface area contributed by atoms with E-state index in [4.69, 9.17) is 31.3 Å². The highest BCUT2D eigenvalue weighted by atomic mass is 32.5. The van der Waals surface area contributed by atoms with Crippen LogP contribution in [0.5, 0.6) is 0 Å². The normalized spacial score (nSPS) is 31.1. The number of aliphatic hydroxyl groups excluding tert-OH is 1. The molecule has 124 valence electrons. The van der Waals surface area contributed by atoms with Crippen molar-refractivity contribution in [2.75, 3.05) is 12.8 Å². The van der Waals surface area contributed by atoms with Crippen molar-refractivity contribution in [2.24, 2.45) is 0 Å². The summed E-state index contributed by atoms with van der Waals surface area (Å²) in [5, 5.41) is 10.4. The molecule has 5 atom stereocenters. The Bertz CT molecular complexity index is 640. The third kappa shape index (κ3) is 3.54. The second kappa shape index (κ2) is 6.71. The number of ether oxygens (including phenoxy) is 1. The fraction of sp³-hybridized carbons (Fsp3) is 0.636. The summed E-state index contributed by atoms with van der Waals surface area (Å²) in [6.45, 7) is -1.66. The minimum atomic E-state index is -3.48. The molecule has 0 aliphatic carbocycles. The summed E-state index contributed by atoms with van der Waals surface area (Å²) in [6, 6.07) is 1.41. The molecule has 9 nitrogen and oxygen atoms in total. The second-order valence-electron chi connectivity index (χ2n) is 4.73. The lowest BCUT2D eigenvalue weighted by Crippen LogP contribution is -2.36. The van der Waals surface area contributed by atoms with Gasteiger partial charge in [-0.15, -0.1) is 0 Å². The Morgan fingerprint density at radius 2 is 2.32 bits per heavy atom. The van der Waals surface area contributed by atoms with Crippen LogP contribution in [0.1, 0.15) is 19.6 Å². The molecule has 1 aromatic rings. The molecule has 1 aromatic heterocycles. The van der Waals surface area contributed by atoms with E-state index in [-0.39, 0.29) is 5.82 Å². The van der Waals surface area contributed by atoms with Gasteiger partial charge in [0.25, 0.3) is 0 Å². The molecule has 0 spiro atoms. The van der Waals surface area contributed by atoms with Gasteiger partial charge in [0.1, 0.15) is 18.0 Å². The van der Waals surface area contributed by atoms with E-state index < -0.39 is 36.9 Å². The van der Waals surface area contributed by atoms with Crippen LogP contribution in [0.3, 0.4) is 0 Å². The number of hydrogen-bond donors (Lipinski definition) is 3. The van der Waals surface area contributed by atoms with Crippen LogP contribution in [-0.2, 0) is 25.6 Å².